The van der Waals surface area contributed by atoms with Crippen molar-refractivity contribution in [2.24, 2.45) is 0 Å². The Kier molecular flexibility index (Phi) is 2.17. The zero-order valence-corrected chi connectivity index (χ0v) is 10.2. The number of aromatic amines is 1. The lowest BCUT2D eigenvalue weighted by Crippen LogP contribution is -2.37. The maximum atomic E-state index is 13.9. The summed E-state index contributed by atoms with van der Waals surface area (Å²) in [5.41, 5.74) is 0.642. The molecule has 2 nitrogen and oxygen atoms in total. The summed E-state index contributed by atoms with van der Waals surface area (Å²) in [5, 5.41) is 0. The summed E-state index contributed by atoms with van der Waals surface area (Å²) >= 11 is 5.22. The molecular weight excluding hydrogens is 242 g/mol. The zero-order chi connectivity index (χ0) is 12.2. The number of aromatic nitrogens is 2. The molecule has 5 heteroatoms. The molecule has 1 aromatic carbocycles. The van der Waals surface area contributed by atoms with Crippen LogP contribution in [0.25, 0.3) is 11.0 Å². The van der Waals surface area contributed by atoms with Gasteiger partial charge in [0, 0.05) is 5.54 Å². The molecule has 0 atom stereocenters. The molecule has 0 spiro atoms. The van der Waals surface area contributed by atoms with Crippen molar-refractivity contribution in [2.75, 3.05) is 0 Å². The molecule has 0 radical (unpaired) electrons. The summed E-state index contributed by atoms with van der Waals surface area (Å²) in [6, 6.07) is 2.65. The predicted octanol–water partition coefficient (Wildman–Crippen LogP) is 3.88. The number of nitrogens with one attached hydrogen (secondary N) is 1. The Hall–Kier alpha value is -1.23. The fourth-order valence-electron chi connectivity index (χ4n) is 2.56. The molecular formula is C12H12F2N2S. The summed E-state index contributed by atoms with van der Waals surface area (Å²) < 4.78 is 29.4. The summed E-state index contributed by atoms with van der Waals surface area (Å²) in [6.07, 6.45) is 3.00. The van der Waals surface area contributed by atoms with Gasteiger partial charge in [0.1, 0.15) is 5.52 Å². The summed E-state index contributed by atoms with van der Waals surface area (Å²) in [7, 11) is 0. The Bertz CT molecular complexity index is 652. The number of nitrogens with zero attached hydrogens (tertiary/aromatic N) is 1. The van der Waals surface area contributed by atoms with Gasteiger partial charge in [0.15, 0.2) is 16.4 Å². The van der Waals surface area contributed by atoms with Gasteiger partial charge in [-0.1, -0.05) is 0 Å². The third-order valence-corrected chi connectivity index (χ3v) is 3.99. The van der Waals surface area contributed by atoms with Crippen molar-refractivity contribution >= 4 is 23.3 Å². The molecule has 1 fully saturated rings. The lowest BCUT2D eigenvalue weighted by molar-refractivity contribution is 0.171. The van der Waals surface area contributed by atoms with Gasteiger partial charge >= 0.3 is 0 Å². The van der Waals surface area contributed by atoms with Crippen LogP contribution in [0.2, 0.25) is 0 Å². The van der Waals surface area contributed by atoms with Crippen molar-refractivity contribution in [2.45, 2.75) is 31.7 Å². The van der Waals surface area contributed by atoms with Crippen LogP contribution in [0.4, 0.5) is 8.78 Å². The quantitative estimate of drug-likeness (QED) is 0.766. The van der Waals surface area contributed by atoms with Crippen molar-refractivity contribution in [3.63, 3.8) is 0 Å². The fourth-order valence-corrected chi connectivity index (χ4v) is 2.98. The monoisotopic (exact) mass is 254 g/mol. The lowest BCUT2D eigenvalue weighted by atomic mass is 9.78. The first-order valence-electron chi connectivity index (χ1n) is 5.62. The first-order valence-corrected chi connectivity index (χ1v) is 6.03. The molecule has 1 aromatic heterocycles. The first kappa shape index (κ1) is 10.9. The molecule has 1 heterocycles. The van der Waals surface area contributed by atoms with Crippen LogP contribution in [0.3, 0.4) is 0 Å². The number of rotatable bonds is 1. The Morgan fingerprint density at radius 1 is 1.35 bits per heavy atom. The highest BCUT2D eigenvalue weighted by molar-refractivity contribution is 7.71. The van der Waals surface area contributed by atoms with E-state index in [1.807, 2.05) is 6.92 Å². The molecule has 0 unspecified atom stereocenters. The number of H-pyrrole nitrogens is 1. The summed E-state index contributed by atoms with van der Waals surface area (Å²) in [5.74, 6) is -1.65. The normalized spacial score (nSPS) is 18.3. The van der Waals surface area contributed by atoms with E-state index >= 15 is 0 Å². The minimum atomic E-state index is -0.830. The molecule has 0 amide bonds. The summed E-state index contributed by atoms with van der Waals surface area (Å²) in [6.45, 7) is 2.03. The molecule has 17 heavy (non-hydrogen) atoms. The van der Waals surface area contributed by atoms with Gasteiger partial charge < -0.3 is 9.55 Å². The number of imidazole rings is 1. The fraction of sp³-hybridized carbons (Fsp3) is 0.417. The molecule has 2 aromatic rings. The van der Waals surface area contributed by atoms with Crippen LogP contribution in [0, 0.1) is 16.4 Å². The zero-order valence-electron chi connectivity index (χ0n) is 9.39. The molecule has 1 aliphatic rings. The standard InChI is InChI=1S/C12H12F2N2S/c1-12(5-2-6-12)16-10-8(15-11(16)17)4-3-7(13)9(10)14/h3-4H,2,5-6H2,1H3,(H,15,17). The van der Waals surface area contributed by atoms with Crippen molar-refractivity contribution < 1.29 is 8.78 Å². The topological polar surface area (TPSA) is 20.7 Å². The highest BCUT2D eigenvalue weighted by Gasteiger charge is 2.36. The molecule has 0 saturated heterocycles. The molecule has 1 N–H and O–H groups in total. The van der Waals surface area contributed by atoms with Crippen molar-refractivity contribution in [3.05, 3.63) is 28.5 Å². The smallest absolute Gasteiger partial charge is 0.184 e. The summed E-state index contributed by atoms with van der Waals surface area (Å²) in [4.78, 5) is 2.94. The Balaban J connectivity index is 2.41. The van der Waals surface area contributed by atoms with E-state index in [0.29, 0.717) is 10.3 Å². The van der Waals surface area contributed by atoms with Crippen LogP contribution in [0.1, 0.15) is 26.2 Å². The van der Waals surface area contributed by atoms with Crippen molar-refractivity contribution in [1.29, 1.82) is 0 Å². The SMILES string of the molecule is CC1(n2c(=S)[nH]c3ccc(F)c(F)c32)CCC1. The van der Waals surface area contributed by atoms with Crippen LogP contribution < -0.4 is 0 Å². The minimum Gasteiger partial charge on any atom is -0.330 e. The van der Waals surface area contributed by atoms with Crippen LogP contribution in [0.5, 0.6) is 0 Å². The van der Waals surface area contributed by atoms with Crippen LogP contribution in [-0.2, 0) is 5.54 Å². The highest BCUT2D eigenvalue weighted by atomic mass is 32.1. The molecule has 0 aliphatic heterocycles. The van der Waals surface area contributed by atoms with Crippen LogP contribution >= 0.6 is 12.2 Å². The Labute approximate surface area is 102 Å². The van der Waals surface area contributed by atoms with E-state index in [1.165, 1.54) is 6.07 Å². The van der Waals surface area contributed by atoms with E-state index < -0.39 is 11.6 Å². The average molecular weight is 254 g/mol. The van der Waals surface area contributed by atoms with Gasteiger partial charge in [0.2, 0.25) is 0 Å². The van der Waals surface area contributed by atoms with Gasteiger partial charge in [-0.25, -0.2) is 8.78 Å². The largest absolute Gasteiger partial charge is 0.330 e. The second kappa shape index (κ2) is 3.38. The Morgan fingerprint density at radius 3 is 2.65 bits per heavy atom. The van der Waals surface area contributed by atoms with Gasteiger partial charge in [-0.3, -0.25) is 0 Å². The number of benzene rings is 1. The van der Waals surface area contributed by atoms with Crippen molar-refractivity contribution in [1.82, 2.24) is 9.55 Å². The van der Waals surface area contributed by atoms with Gasteiger partial charge in [-0.2, -0.15) is 0 Å². The predicted molar refractivity (Wildman–Crippen MR) is 64.5 cm³/mol. The van der Waals surface area contributed by atoms with Crippen LogP contribution in [0.15, 0.2) is 12.1 Å². The second-order valence-electron chi connectivity index (χ2n) is 4.87. The van der Waals surface area contributed by atoms with Crippen LogP contribution in [-0.4, -0.2) is 9.55 Å². The van der Waals surface area contributed by atoms with E-state index in [9.17, 15) is 8.78 Å². The third-order valence-electron chi connectivity index (χ3n) is 3.71. The van der Waals surface area contributed by atoms with Gasteiger partial charge in [0.25, 0.3) is 0 Å². The van der Waals surface area contributed by atoms with E-state index in [-0.39, 0.29) is 11.1 Å². The third kappa shape index (κ3) is 1.38. The minimum absolute atomic E-state index is 0.177. The average Bonchev–Trinajstić information content (AvgIpc) is 2.58. The maximum absolute atomic E-state index is 13.9. The Morgan fingerprint density at radius 2 is 2.06 bits per heavy atom. The lowest BCUT2D eigenvalue weighted by Gasteiger charge is -2.40. The number of halogens is 2. The van der Waals surface area contributed by atoms with Gasteiger partial charge in [-0.15, -0.1) is 0 Å². The van der Waals surface area contributed by atoms with Gasteiger partial charge in [0.05, 0.1) is 5.52 Å². The first-order chi connectivity index (χ1) is 8.03. The number of fused-ring (bicyclic) bond motifs is 1. The molecule has 1 saturated carbocycles. The van der Waals surface area contributed by atoms with Gasteiger partial charge in [-0.05, 0) is 50.5 Å². The molecule has 1 aliphatic carbocycles. The number of hydrogen-bond acceptors (Lipinski definition) is 1. The maximum Gasteiger partial charge on any atom is 0.184 e. The molecule has 90 valence electrons. The van der Waals surface area contributed by atoms with Crippen molar-refractivity contribution in [3.8, 4) is 0 Å². The van der Waals surface area contributed by atoms with E-state index in [2.05, 4.69) is 4.98 Å². The van der Waals surface area contributed by atoms with E-state index in [4.69, 9.17) is 12.2 Å². The second-order valence-corrected chi connectivity index (χ2v) is 5.26. The van der Waals surface area contributed by atoms with E-state index in [1.54, 1.807) is 4.57 Å². The van der Waals surface area contributed by atoms with E-state index in [0.717, 1.165) is 25.3 Å². The molecule has 0 bridgehead atoms. The molecule has 3 rings (SSSR count). The number of hydrogen-bond donors (Lipinski definition) is 1. The highest BCUT2D eigenvalue weighted by Crippen LogP contribution is 2.41.